The number of likely N-dealkylation sites (tertiary alicyclic amines) is 1. The van der Waals surface area contributed by atoms with Crippen LogP contribution in [0.15, 0.2) is 0 Å². The molecule has 7 heteroatoms. The van der Waals surface area contributed by atoms with Crippen LogP contribution in [0.2, 0.25) is 0 Å². The van der Waals surface area contributed by atoms with Gasteiger partial charge in [0.05, 0.1) is 0 Å². The first-order chi connectivity index (χ1) is 9.50. The van der Waals surface area contributed by atoms with E-state index in [2.05, 4.69) is 19.0 Å². The SMILES string of the molecule is CN(C)C1CCN(C(=O)N2CCSCC2C(=O)O)CC1. The summed E-state index contributed by atoms with van der Waals surface area (Å²) in [4.78, 5) is 29.3. The number of aliphatic carboxylic acids is 1. The number of piperidine rings is 1. The average Bonchev–Trinajstić information content (AvgIpc) is 2.46. The molecule has 0 bridgehead atoms. The quantitative estimate of drug-likeness (QED) is 0.811. The summed E-state index contributed by atoms with van der Waals surface area (Å²) < 4.78 is 0. The van der Waals surface area contributed by atoms with Crippen LogP contribution >= 0.6 is 11.8 Å². The lowest BCUT2D eigenvalue weighted by atomic mass is 10.0. The van der Waals surface area contributed by atoms with Gasteiger partial charge < -0.3 is 19.8 Å². The van der Waals surface area contributed by atoms with E-state index in [1.54, 1.807) is 11.8 Å². The molecule has 20 heavy (non-hydrogen) atoms. The smallest absolute Gasteiger partial charge is 0.327 e. The van der Waals surface area contributed by atoms with Crippen LogP contribution < -0.4 is 0 Å². The molecule has 2 rings (SSSR count). The number of nitrogens with zero attached hydrogens (tertiary/aromatic N) is 3. The molecule has 2 aliphatic heterocycles. The zero-order valence-electron chi connectivity index (χ0n) is 12.1. The van der Waals surface area contributed by atoms with E-state index in [-0.39, 0.29) is 6.03 Å². The number of carboxylic acids is 1. The maximum absolute atomic E-state index is 12.5. The summed E-state index contributed by atoms with van der Waals surface area (Å²) in [7, 11) is 4.12. The molecule has 0 radical (unpaired) electrons. The predicted octanol–water partition coefficient (Wildman–Crippen LogP) is 0.634. The Kier molecular flexibility index (Phi) is 5.15. The molecule has 2 aliphatic rings. The van der Waals surface area contributed by atoms with Crippen LogP contribution in [0.1, 0.15) is 12.8 Å². The lowest BCUT2D eigenvalue weighted by Gasteiger charge is -2.40. The van der Waals surface area contributed by atoms with Crippen molar-refractivity contribution >= 4 is 23.8 Å². The third kappa shape index (κ3) is 3.38. The third-order valence-electron chi connectivity index (χ3n) is 4.12. The van der Waals surface area contributed by atoms with E-state index in [4.69, 9.17) is 0 Å². The van der Waals surface area contributed by atoms with Crippen molar-refractivity contribution < 1.29 is 14.7 Å². The van der Waals surface area contributed by atoms with Gasteiger partial charge in [-0.05, 0) is 26.9 Å². The Labute approximate surface area is 124 Å². The van der Waals surface area contributed by atoms with E-state index in [1.165, 1.54) is 4.90 Å². The zero-order chi connectivity index (χ0) is 14.7. The fraction of sp³-hybridized carbons (Fsp3) is 0.846. The van der Waals surface area contributed by atoms with E-state index < -0.39 is 12.0 Å². The van der Waals surface area contributed by atoms with Gasteiger partial charge in [0.15, 0.2) is 0 Å². The summed E-state index contributed by atoms with van der Waals surface area (Å²) in [5, 5.41) is 9.24. The molecule has 0 aromatic carbocycles. The Hall–Kier alpha value is -0.950. The van der Waals surface area contributed by atoms with Gasteiger partial charge in [0.2, 0.25) is 0 Å². The van der Waals surface area contributed by atoms with Gasteiger partial charge in [0.1, 0.15) is 6.04 Å². The van der Waals surface area contributed by atoms with Gasteiger partial charge in [-0.2, -0.15) is 11.8 Å². The molecule has 2 amide bonds. The van der Waals surface area contributed by atoms with Crippen LogP contribution in [0.5, 0.6) is 0 Å². The summed E-state index contributed by atoms with van der Waals surface area (Å²) in [6.07, 6.45) is 1.91. The van der Waals surface area contributed by atoms with Crippen molar-refractivity contribution in [3.63, 3.8) is 0 Å². The second kappa shape index (κ2) is 6.67. The maximum atomic E-state index is 12.5. The molecule has 1 N–H and O–H groups in total. The van der Waals surface area contributed by atoms with Crippen LogP contribution in [-0.2, 0) is 4.79 Å². The van der Waals surface area contributed by atoms with Crippen LogP contribution in [0.25, 0.3) is 0 Å². The van der Waals surface area contributed by atoms with Crippen molar-refractivity contribution in [3.05, 3.63) is 0 Å². The van der Waals surface area contributed by atoms with Gasteiger partial charge in [0, 0.05) is 37.2 Å². The molecule has 2 saturated heterocycles. The molecular formula is C13H23N3O3S. The van der Waals surface area contributed by atoms with Gasteiger partial charge in [-0.3, -0.25) is 0 Å². The lowest BCUT2D eigenvalue weighted by Crippen LogP contribution is -2.56. The molecular weight excluding hydrogens is 278 g/mol. The molecule has 114 valence electrons. The van der Waals surface area contributed by atoms with Gasteiger partial charge in [-0.1, -0.05) is 0 Å². The van der Waals surface area contributed by atoms with E-state index >= 15 is 0 Å². The number of thioether (sulfide) groups is 1. The summed E-state index contributed by atoms with van der Waals surface area (Å²) in [6.45, 7) is 1.98. The first kappa shape index (κ1) is 15.4. The summed E-state index contributed by atoms with van der Waals surface area (Å²) in [5.74, 6) is 0.424. The Balaban J connectivity index is 1.95. The van der Waals surface area contributed by atoms with Crippen molar-refractivity contribution in [3.8, 4) is 0 Å². The molecule has 0 spiro atoms. The van der Waals surface area contributed by atoms with Crippen molar-refractivity contribution in [1.29, 1.82) is 0 Å². The normalized spacial score (nSPS) is 25.1. The van der Waals surface area contributed by atoms with Gasteiger partial charge in [-0.15, -0.1) is 0 Å². The largest absolute Gasteiger partial charge is 0.480 e. The van der Waals surface area contributed by atoms with Crippen molar-refractivity contribution in [2.24, 2.45) is 0 Å². The number of hydrogen-bond acceptors (Lipinski definition) is 4. The molecule has 0 aromatic heterocycles. The van der Waals surface area contributed by atoms with E-state index in [9.17, 15) is 14.7 Å². The Morgan fingerprint density at radius 2 is 1.85 bits per heavy atom. The second-order valence-electron chi connectivity index (χ2n) is 5.59. The molecule has 6 nitrogen and oxygen atoms in total. The highest BCUT2D eigenvalue weighted by Crippen LogP contribution is 2.21. The van der Waals surface area contributed by atoms with E-state index in [1.807, 2.05) is 4.90 Å². The van der Waals surface area contributed by atoms with Crippen molar-refractivity contribution in [2.45, 2.75) is 24.9 Å². The minimum absolute atomic E-state index is 0.102. The highest BCUT2D eigenvalue weighted by atomic mass is 32.2. The monoisotopic (exact) mass is 301 g/mol. The third-order valence-corrected chi connectivity index (χ3v) is 5.15. The van der Waals surface area contributed by atoms with E-state index in [0.29, 0.717) is 18.3 Å². The Morgan fingerprint density at radius 1 is 1.20 bits per heavy atom. The molecule has 0 aromatic rings. The molecule has 2 fully saturated rings. The standard InChI is InChI=1S/C13H23N3O3S/c1-14(2)10-3-5-15(6-4-10)13(19)16-7-8-20-9-11(16)12(17)18/h10-11H,3-9H2,1-2H3,(H,17,18). The minimum atomic E-state index is -0.895. The highest BCUT2D eigenvalue weighted by Gasteiger charge is 2.35. The minimum Gasteiger partial charge on any atom is -0.480 e. The Morgan fingerprint density at radius 3 is 2.40 bits per heavy atom. The van der Waals surface area contributed by atoms with E-state index in [0.717, 1.165) is 31.7 Å². The number of rotatable bonds is 2. The second-order valence-corrected chi connectivity index (χ2v) is 6.74. The van der Waals surface area contributed by atoms with Crippen LogP contribution in [0, 0.1) is 0 Å². The molecule has 0 aliphatic carbocycles. The number of carbonyl (C=O) groups is 2. The summed E-state index contributed by atoms with van der Waals surface area (Å²) in [5.41, 5.74) is 0. The van der Waals surface area contributed by atoms with Gasteiger partial charge >= 0.3 is 12.0 Å². The average molecular weight is 301 g/mol. The molecule has 0 saturated carbocycles. The van der Waals surface area contributed by atoms with Crippen molar-refractivity contribution in [2.75, 3.05) is 45.2 Å². The van der Waals surface area contributed by atoms with Crippen LogP contribution in [-0.4, -0.2) is 89.1 Å². The summed E-state index contributed by atoms with van der Waals surface area (Å²) >= 11 is 1.60. The van der Waals surface area contributed by atoms with Crippen LogP contribution in [0.4, 0.5) is 4.79 Å². The summed E-state index contributed by atoms with van der Waals surface area (Å²) in [6, 6.07) is -0.256. The molecule has 2 heterocycles. The van der Waals surface area contributed by atoms with Gasteiger partial charge in [0.25, 0.3) is 0 Å². The number of carboxylic acid groups (broad SMARTS) is 1. The highest BCUT2D eigenvalue weighted by molar-refractivity contribution is 7.99. The number of carbonyl (C=O) groups excluding carboxylic acids is 1. The fourth-order valence-corrected chi connectivity index (χ4v) is 3.83. The first-order valence-electron chi connectivity index (χ1n) is 7.03. The molecule has 1 unspecified atom stereocenters. The predicted molar refractivity (Wildman–Crippen MR) is 79.1 cm³/mol. The zero-order valence-corrected chi connectivity index (χ0v) is 12.9. The topological polar surface area (TPSA) is 64.1 Å². The number of amides is 2. The first-order valence-corrected chi connectivity index (χ1v) is 8.18. The number of urea groups is 1. The van der Waals surface area contributed by atoms with Gasteiger partial charge in [-0.25, -0.2) is 9.59 Å². The number of hydrogen-bond donors (Lipinski definition) is 1. The van der Waals surface area contributed by atoms with Crippen molar-refractivity contribution in [1.82, 2.24) is 14.7 Å². The van der Waals surface area contributed by atoms with Crippen LogP contribution in [0.3, 0.4) is 0 Å². The fourth-order valence-electron chi connectivity index (χ4n) is 2.79. The lowest BCUT2D eigenvalue weighted by molar-refractivity contribution is -0.141. The molecule has 1 atom stereocenters. The Bertz CT molecular complexity index is 370. The maximum Gasteiger partial charge on any atom is 0.327 e.